The number of thioether (sulfide) groups is 2. The maximum absolute atomic E-state index is 13.1. The SMILES string of the molecule is Nc1nc(C(=NOC2CSC2)C(=O)NC2C(=O)N3C(C(=O)O)=C(C[n+]4ccccc4)CS[C@@H]23)cs1. The lowest BCUT2D eigenvalue weighted by Crippen LogP contribution is -2.71. The number of oxime groups is 1. The molecule has 4 N–H and O–H groups in total. The number of hydrogen-bond donors (Lipinski definition) is 3. The number of nitrogens with two attached hydrogens (primary N) is 1. The molecule has 5 heterocycles. The van der Waals surface area contributed by atoms with E-state index in [2.05, 4.69) is 15.5 Å². The first-order chi connectivity index (χ1) is 16.9. The van der Waals surface area contributed by atoms with E-state index in [1.807, 2.05) is 35.2 Å². The van der Waals surface area contributed by atoms with Crippen LogP contribution < -0.4 is 15.6 Å². The first-order valence-electron chi connectivity index (χ1n) is 10.6. The van der Waals surface area contributed by atoms with E-state index in [1.165, 1.54) is 16.7 Å². The van der Waals surface area contributed by atoms with Gasteiger partial charge in [-0.25, -0.2) is 14.3 Å². The van der Waals surface area contributed by atoms with Crippen LogP contribution in [0.4, 0.5) is 5.13 Å². The highest BCUT2D eigenvalue weighted by Gasteiger charge is 2.54. The second-order valence-electron chi connectivity index (χ2n) is 7.94. The van der Waals surface area contributed by atoms with Crippen molar-refractivity contribution in [2.24, 2.45) is 5.16 Å². The minimum Gasteiger partial charge on any atom is -0.477 e. The summed E-state index contributed by atoms with van der Waals surface area (Å²) in [5.74, 6) is -0.326. The van der Waals surface area contributed by atoms with Crippen molar-refractivity contribution in [1.29, 1.82) is 0 Å². The lowest BCUT2D eigenvalue weighted by atomic mass is 10.0. The molecule has 2 saturated heterocycles. The fraction of sp³-hybridized carbons (Fsp3) is 0.333. The fourth-order valence-corrected chi connectivity index (χ4v) is 6.21. The van der Waals surface area contributed by atoms with Gasteiger partial charge in [0.25, 0.3) is 11.8 Å². The number of nitrogen functional groups attached to an aromatic ring is 1. The molecule has 2 fully saturated rings. The molecule has 0 spiro atoms. The Kier molecular flexibility index (Phi) is 6.67. The van der Waals surface area contributed by atoms with E-state index in [0.29, 0.717) is 17.9 Å². The standard InChI is InChI=1S/C21H20N6O5S3/c22-21-23-13(10-35-21)14(25-32-12-8-33-9-12)17(28)24-15-18(29)27-16(20(30)31)11(7-34-19(15)27)6-26-4-2-1-3-5-26/h1-5,10,12,15,19H,6-9H2,(H3-,22,23,24,28,30,31)/p+1/t15?,19-/m0/s1. The quantitative estimate of drug-likeness (QED) is 0.188. The largest absolute Gasteiger partial charge is 0.477 e. The first kappa shape index (κ1) is 23.6. The molecule has 14 heteroatoms. The summed E-state index contributed by atoms with van der Waals surface area (Å²) in [7, 11) is 0. The number of carbonyl (C=O) groups is 3. The number of fused-ring (bicyclic) bond motifs is 1. The van der Waals surface area contributed by atoms with Crippen molar-refractivity contribution in [2.45, 2.75) is 24.1 Å². The highest BCUT2D eigenvalue weighted by atomic mass is 32.2. The van der Waals surface area contributed by atoms with Gasteiger partial charge in [-0.2, -0.15) is 11.8 Å². The summed E-state index contributed by atoms with van der Waals surface area (Å²) in [5, 5.41) is 17.9. The second kappa shape index (κ2) is 9.87. The Morgan fingerprint density at radius 1 is 1.31 bits per heavy atom. The van der Waals surface area contributed by atoms with Crippen molar-refractivity contribution in [3.63, 3.8) is 0 Å². The number of nitrogens with zero attached hydrogens (tertiary/aromatic N) is 4. The lowest BCUT2D eigenvalue weighted by molar-refractivity contribution is -0.689. The van der Waals surface area contributed by atoms with Gasteiger partial charge in [-0.3, -0.25) is 14.5 Å². The predicted octanol–water partition coefficient (Wildman–Crippen LogP) is 0.288. The van der Waals surface area contributed by atoms with Gasteiger partial charge >= 0.3 is 5.97 Å². The van der Waals surface area contributed by atoms with Gasteiger partial charge in [0, 0.05) is 40.3 Å². The molecule has 5 rings (SSSR count). The molecule has 1 unspecified atom stereocenters. The van der Waals surface area contributed by atoms with Crippen LogP contribution in [0.15, 0.2) is 52.4 Å². The maximum Gasteiger partial charge on any atom is 0.352 e. The Hall–Kier alpha value is -3.10. The number of carboxylic acid groups (broad SMARTS) is 1. The smallest absolute Gasteiger partial charge is 0.352 e. The molecule has 0 bridgehead atoms. The van der Waals surface area contributed by atoms with Crippen molar-refractivity contribution < 1.29 is 28.9 Å². The van der Waals surface area contributed by atoms with Gasteiger partial charge in [-0.1, -0.05) is 11.2 Å². The Bertz CT molecular complexity index is 1230. The summed E-state index contributed by atoms with van der Waals surface area (Å²) >= 11 is 4.27. The van der Waals surface area contributed by atoms with Gasteiger partial charge in [0.15, 0.2) is 29.8 Å². The van der Waals surface area contributed by atoms with E-state index in [9.17, 15) is 19.5 Å². The van der Waals surface area contributed by atoms with Crippen LogP contribution in [0.5, 0.6) is 0 Å². The number of nitrogens with one attached hydrogen (secondary N) is 1. The Labute approximate surface area is 212 Å². The molecular formula is C21H21N6O5S3+. The minimum atomic E-state index is -1.17. The van der Waals surface area contributed by atoms with E-state index in [4.69, 9.17) is 10.6 Å². The molecule has 0 radical (unpaired) electrons. The first-order valence-corrected chi connectivity index (χ1v) is 13.7. The topological polar surface area (TPSA) is 151 Å². The number of carbonyl (C=O) groups excluding carboxylic acids is 2. The van der Waals surface area contributed by atoms with E-state index >= 15 is 0 Å². The van der Waals surface area contributed by atoms with Crippen LogP contribution in [-0.2, 0) is 25.8 Å². The lowest BCUT2D eigenvalue weighted by Gasteiger charge is -2.49. The van der Waals surface area contributed by atoms with E-state index in [0.717, 1.165) is 22.8 Å². The molecule has 0 saturated carbocycles. The van der Waals surface area contributed by atoms with Crippen molar-refractivity contribution in [3.05, 3.63) is 52.9 Å². The van der Waals surface area contributed by atoms with Crippen molar-refractivity contribution >= 4 is 63.5 Å². The molecule has 2 aromatic heterocycles. The van der Waals surface area contributed by atoms with Crippen LogP contribution >= 0.6 is 34.9 Å². The van der Waals surface area contributed by atoms with Crippen LogP contribution in [0.25, 0.3) is 0 Å². The molecule has 182 valence electrons. The number of thiazole rings is 1. The van der Waals surface area contributed by atoms with Gasteiger partial charge in [-0.05, 0) is 0 Å². The molecule has 3 aliphatic rings. The van der Waals surface area contributed by atoms with Gasteiger partial charge < -0.3 is 21.0 Å². The van der Waals surface area contributed by atoms with E-state index in [-0.39, 0.29) is 28.3 Å². The second-order valence-corrected chi connectivity index (χ2v) is 11.0. The highest BCUT2D eigenvalue weighted by molar-refractivity contribution is 8.00. The average Bonchev–Trinajstić information content (AvgIpc) is 3.24. The predicted molar refractivity (Wildman–Crippen MR) is 132 cm³/mol. The van der Waals surface area contributed by atoms with Crippen molar-refractivity contribution in [3.8, 4) is 0 Å². The van der Waals surface area contributed by atoms with Gasteiger partial charge in [0.05, 0.1) is 0 Å². The number of anilines is 1. The monoisotopic (exact) mass is 533 g/mol. The zero-order valence-electron chi connectivity index (χ0n) is 18.2. The summed E-state index contributed by atoms with van der Waals surface area (Å²) in [5.41, 5.74) is 6.49. The van der Waals surface area contributed by atoms with E-state index < -0.39 is 29.2 Å². The molecule has 3 aliphatic heterocycles. The molecule has 0 aliphatic carbocycles. The third-order valence-corrected chi connectivity index (χ3v) is 8.80. The number of aromatic nitrogens is 2. The molecule has 11 nitrogen and oxygen atoms in total. The molecule has 2 amide bonds. The summed E-state index contributed by atoms with van der Waals surface area (Å²) in [6, 6.07) is 4.67. The molecule has 0 aromatic carbocycles. The van der Waals surface area contributed by atoms with Crippen LogP contribution in [0.3, 0.4) is 0 Å². The maximum atomic E-state index is 13.1. The number of β-lactam (4-membered cyclic amide) rings is 1. The molecule has 2 aromatic rings. The van der Waals surface area contributed by atoms with Crippen LogP contribution in [-0.4, -0.2) is 73.3 Å². The molecule has 2 atom stereocenters. The average molecular weight is 534 g/mol. The summed E-state index contributed by atoms with van der Waals surface area (Å²) in [6.45, 7) is 0.349. The summed E-state index contributed by atoms with van der Waals surface area (Å²) in [6.07, 6.45) is 3.58. The van der Waals surface area contributed by atoms with Gasteiger partial charge in [0.1, 0.15) is 28.9 Å². The number of amides is 2. The molecule has 35 heavy (non-hydrogen) atoms. The van der Waals surface area contributed by atoms with Crippen molar-refractivity contribution in [1.82, 2.24) is 15.2 Å². The Morgan fingerprint density at radius 2 is 2.09 bits per heavy atom. The van der Waals surface area contributed by atoms with Crippen LogP contribution in [0.1, 0.15) is 5.69 Å². The Balaban J connectivity index is 1.33. The Morgan fingerprint density at radius 3 is 2.71 bits per heavy atom. The van der Waals surface area contributed by atoms with Crippen LogP contribution in [0.2, 0.25) is 0 Å². The van der Waals surface area contributed by atoms with Gasteiger partial charge in [0.2, 0.25) is 0 Å². The van der Waals surface area contributed by atoms with Gasteiger partial charge in [-0.15, -0.1) is 23.1 Å². The number of aliphatic carboxylic acids is 1. The third kappa shape index (κ3) is 4.73. The van der Waals surface area contributed by atoms with E-state index in [1.54, 1.807) is 17.1 Å². The normalized spacial score (nSPS) is 22.2. The third-order valence-electron chi connectivity index (χ3n) is 5.57. The number of rotatable bonds is 8. The van der Waals surface area contributed by atoms with Crippen molar-refractivity contribution in [2.75, 3.05) is 23.0 Å². The van der Waals surface area contributed by atoms with Crippen LogP contribution in [0, 0.1) is 0 Å². The number of carboxylic acids is 1. The minimum absolute atomic E-state index is 0.0346. The zero-order chi connectivity index (χ0) is 24.5. The number of hydrogen-bond acceptors (Lipinski definition) is 10. The molecular weight excluding hydrogens is 512 g/mol. The summed E-state index contributed by atoms with van der Waals surface area (Å²) in [4.78, 5) is 49.0. The zero-order valence-corrected chi connectivity index (χ0v) is 20.6. The highest BCUT2D eigenvalue weighted by Crippen LogP contribution is 2.40. The fourth-order valence-electron chi connectivity index (χ4n) is 3.78. The number of pyridine rings is 1. The summed E-state index contributed by atoms with van der Waals surface area (Å²) < 4.78 is 1.85.